The average molecular weight is 470 g/mol. The van der Waals surface area contributed by atoms with Gasteiger partial charge in [-0.2, -0.15) is 0 Å². The maximum atomic E-state index is 13.9. The lowest BCUT2D eigenvalue weighted by Crippen LogP contribution is -2.32. The Morgan fingerprint density at radius 3 is 2.38 bits per heavy atom. The predicted molar refractivity (Wildman–Crippen MR) is 117 cm³/mol. The smallest absolute Gasteiger partial charge is 0.131 e. The number of nitrogens with one attached hydrogen (secondary N) is 1. The van der Waals surface area contributed by atoms with Gasteiger partial charge in [0, 0.05) is 31.2 Å². The molecule has 1 aliphatic heterocycles. The Kier molecular flexibility index (Phi) is 9.69. The zero-order valence-corrected chi connectivity index (χ0v) is 18.8. The minimum atomic E-state index is -0.569. The fourth-order valence-electron chi connectivity index (χ4n) is 3.91. The Labute approximate surface area is 182 Å². The van der Waals surface area contributed by atoms with Gasteiger partial charge in [-0.3, -0.25) is 0 Å². The standard InChI is InChI=1S/C23H29F2NO2.BrH/c1-16-6-3-7-17(2)23(16)18(12-26-13-19-8-5-11-28-19)14-27-15-20-21(24)9-4-10-22(20)25;/h3-4,6-7,9-10,18-19,26H,5,8,11-15H2,1-2H3;1H. The van der Waals surface area contributed by atoms with Gasteiger partial charge in [-0.15, -0.1) is 17.0 Å². The zero-order valence-electron chi connectivity index (χ0n) is 17.0. The fraction of sp³-hybridized carbons (Fsp3) is 0.478. The molecule has 0 saturated carbocycles. The van der Waals surface area contributed by atoms with Crippen LogP contribution < -0.4 is 5.32 Å². The molecule has 0 amide bonds. The lowest BCUT2D eigenvalue weighted by atomic mass is 9.91. The van der Waals surface area contributed by atoms with Crippen LogP contribution in [0.3, 0.4) is 0 Å². The third kappa shape index (κ3) is 6.57. The summed E-state index contributed by atoms with van der Waals surface area (Å²) in [6.45, 7) is 6.86. The van der Waals surface area contributed by atoms with Crippen LogP contribution >= 0.6 is 17.0 Å². The van der Waals surface area contributed by atoms with Gasteiger partial charge in [-0.05, 0) is 55.5 Å². The normalized spacial score (nSPS) is 17.2. The van der Waals surface area contributed by atoms with Crippen molar-refractivity contribution < 1.29 is 18.3 Å². The van der Waals surface area contributed by atoms with E-state index in [4.69, 9.17) is 9.47 Å². The first-order chi connectivity index (χ1) is 13.6. The molecule has 1 heterocycles. The fourth-order valence-corrected chi connectivity index (χ4v) is 3.91. The first-order valence-corrected chi connectivity index (χ1v) is 9.95. The summed E-state index contributed by atoms with van der Waals surface area (Å²) in [5.74, 6) is -1.04. The topological polar surface area (TPSA) is 30.5 Å². The van der Waals surface area contributed by atoms with Crippen LogP contribution in [0.15, 0.2) is 36.4 Å². The van der Waals surface area contributed by atoms with E-state index < -0.39 is 11.6 Å². The molecule has 2 aromatic carbocycles. The van der Waals surface area contributed by atoms with Gasteiger partial charge in [-0.1, -0.05) is 24.3 Å². The Bertz CT molecular complexity index is 741. The molecule has 3 nitrogen and oxygen atoms in total. The molecule has 2 atom stereocenters. The van der Waals surface area contributed by atoms with Crippen LogP contribution in [0.1, 0.15) is 41.0 Å². The van der Waals surface area contributed by atoms with Crippen LogP contribution in [-0.4, -0.2) is 32.4 Å². The molecular formula is C23H30BrF2NO2. The highest BCUT2D eigenvalue weighted by Crippen LogP contribution is 2.25. The van der Waals surface area contributed by atoms with E-state index >= 15 is 0 Å². The second-order valence-electron chi connectivity index (χ2n) is 7.51. The molecule has 0 radical (unpaired) electrons. The average Bonchev–Trinajstić information content (AvgIpc) is 3.17. The zero-order chi connectivity index (χ0) is 19.9. The molecule has 0 spiro atoms. The van der Waals surface area contributed by atoms with Crippen molar-refractivity contribution in [1.82, 2.24) is 5.32 Å². The van der Waals surface area contributed by atoms with Crippen LogP contribution in [0.4, 0.5) is 8.78 Å². The summed E-state index contributed by atoms with van der Waals surface area (Å²) in [4.78, 5) is 0. The summed E-state index contributed by atoms with van der Waals surface area (Å²) in [7, 11) is 0. The van der Waals surface area contributed by atoms with Crippen molar-refractivity contribution in [2.45, 2.75) is 45.3 Å². The van der Waals surface area contributed by atoms with E-state index in [9.17, 15) is 8.78 Å². The third-order valence-corrected chi connectivity index (χ3v) is 5.36. The minimum absolute atomic E-state index is 0. The largest absolute Gasteiger partial charge is 0.377 e. The second kappa shape index (κ2) is 11.7. The molecular weight excluding hydrogens is 440 g/mol. The number of hydrogen-bond donors (Lipinski definition) is 1. The van der Waals surface area contributed by atoms with Gasteiger partial charge in [0.1, 0.15) is 11.6 Å². The van der Waals surface area contributed by atoms with E-state index in [2.05, 4.69) is 31.3 Å². The highest BCUT2D eigenvalue weighted by Gasteiger charge is 2.20. The van der Waals surface area contributed by atoms with E-state index in [1.807, 2.05) is 6.07 Å². The van der Waals surface area contributed by atoms with Crippen molar-refractivity contribution in [3.8, 4) is 0 Å². The summed E-state index contributed by atoms with van der Waals surface area (Å²) in [5.41, 5.74) is 3.61. The summed E-state index contributed by atoms with van der Waals surface area (Å²) >= 11 is 0. The Hall–Kier alpha value is -1.34. The second-order valence-corrected chi connectivity index (χ2v) is 7.51. The lowest BCUT2D eigenvalue weighted by Gasteiger charge is -2.23. The molecule has 160 valence electrons. The number of benzene rings is 2. The number of hydrogen-bond acceptors (Lipinski definition) is 3. The first-order valence-electron chi connectivity index (χ1n) is 9.95. The summed E-state index contributed by atoms with van der Waals surface area (Å²) in [6, 6.07) is 10.1. The van der Waals surface area contributed by atoms with Crippen molar-refractivity contribution in [1.29, 1.82) is 0 Å². The molecule has 6 heteroatoms. The molecule has 2 aromatic rings. The van der Waals surface area contributed by atoms with E-state index in [0.29, 0.717) is 6.61 Å². The lowest BCUT2D eigenvalue weighted by molar-refractivity contribution is 0.0944. The van der Waals surface area contributed by atoms with Crippen LogP contribution in [0.5, 0.6) is 0 Å². The highest BCUT2D eigenvalue weighted by molar-refractivity contribution is 8.93. The van der Waals surface area contributed by atoms with Gasteiger partial charge in [0.05, 0.1) is 19.3 Å². The van der Waals surface area contributed by atoms with Crippen molar-refractivity contribution in [2.24, 2.45) is 0 Å². The van der Waals surface area contributed by atoms with Gasteiger partial charge in [0.15, 0.2) is 0 Å². The Morgan fingerprint density at radius 1 is 1.10 bits per heavy atom. The van der Waals surface area contributed by atoms with E-state index in [1.54, 1.807) is 0 Å². The number of halogens is 3. The monoisotopic (exact) mass is 469 g/mol. The van der Waals surface area contributed by atoms with Crippen LogP contribution in [0.25, 0.3) is 0 Å². The molecule has 1 saturated heterocycles. The molecule has 1 N–H and O–H groups in total. The number of rotatable bonds is 9. The molecule has 2 unspecified atom stereocenters. The molecule has 0 aliphatic carbocycles. The first kappa shape index (κ1) is 23.9. The van der Waals surface area contributed by atoms with E-state index in [-0.39, 0.29) is 41.2 Å². The quantitative estimate of drug-likeness (QED) is 0.545. The Balaban J connectivity index is 0.00000300. The van der Waals surface area contributed by atoms with Crippen LogP contribution in [0, 0.1) is 25.5 Å². The summed E-state index contributed by atoms with van der Waals surface area (Å²) < 4.78 is 39.2. The van der Waals surface area contributed by atoms with Gasteiger partial charge < -0.3 is 14.8 Å². The Morgan fingerprint density at radius 2 is 1.76 bits per heavy atom. The van der Waals surface area contributed by atoms with E-state index in [1.165, 1.54) is 34.9 Å². The number of aryl methyl sites for hydroxylation is 2. The van der Waals surface area contributed by atoms with Gasteiger partial charge in [0.2, 0.25) is 0 Å². The van der Waals surface area contributed by atoms with Gasteiger partial charge in [-0.25, -0.2) is 8.78 Å². The van der Waals surface area contributed by atoms with Crippen LogP contribution in [-0.2, 0) is 16.1 Å². The molecule has 29 heavy (non-hydrogen) atoms. The molecule has 1 aliphatic rings. The van der Waals surface area contributed by atoms with Gasteiger partial charge >= 0.3 is 0 Å². The predicted octanol–water partition coefficient (Wildman–Crippen LogP) is 5.23. The molecule has 1 fully saturated rings. The van der Waals surface area contributed by atoms with Crippen molar-refractivity contribution >= 4 is 17.0 Å². The van der Waals surface area contributed by atoms with Gasteiger partial charge in [0.25, 0.3) is 0 Å². The minimum Gasteiger partial charge on any atom is -0.377 e. The summed E-state index contributed by atoms with van der Waals surface area (Å²) in [5, 5.41) is 3.50. The molecule has 3 rings (SSSR count). The summed E-state index contributed by atoms with van der Waals surface area (Å²) in [6.07, 6.45) is 2.47. The maximum absolute atomic E-state index is 13.9. The molecule has 0 aromatic heterocycles. The van der Waals surface area contributed by atoms with Crippen molar-refractivity contribution in [3.05, 3.63) is 70.3 Å². The maximum Gasteiger partial charge on any atom is 0.131 e. The molecule has 0 bridgehead atoms. The van der Waals surface area contributed by atoms with Crippen LogP contribution in [0.2, 0.25) is 0 Å². The van der Waals surface area contributed by atoms with Crippen molar-refractivity contribution in [2.75, 3.05) is 26.3 Å². The van der Waals surface area contributed by atoms with E-state index in [0.717, 1.165) is 32.5 Å². The third-order valence-electron chi connectivity index (χ3n) is 5.36. The SMILES string of the molecule is Br.Cc1cccc(C)c1C(CNCC1CCCO1)COCc1c(F)cccc1F. The van der Waals surface area contributed by atoms with Crippen molar-refractivity contribution in [3.63, 3.8) is 0 Å². The highest BCUT2D eigenvalue weighted by atomic mass is 79.9. The number of ether oxygens (including phenoxy) is 2.